The molecule has 0 N–H and O–H groups in total. The summed E-state index contributed by atoms with van der Waals surface area (Å²) in [4.78, 5) is 0. The molecule has 0 saturated carbocycles. The second-order valence-electron chi connectivity index (χ2n) is 7.43. The Bertz CT molecular complexity index is 640. The fourth-order valence-corrected chi connectivity index (χ4v) is 8.88. The minimum atomic E-state index is -3.83. The van der Waals surface area contributed by atoms with Crippen LogP contribution < -0.4 is 24.8 Å². The van der Waals surface area contributed by atoms with Gasteiger partial charge in [-0.05, 0) is 0 Å². The SMILES string of the molecule is [CH3][Zr]([CH3])([CH3])([Cl])([Cl])[C]1=CC=CC1.[Cl-].[Cl-].[Zr+2][CH]1C=Cc2ccccc21. The van der Waals surface area contributed by atoms with Gasteiger partial charge in [0.1, 0.15) is 0 Å². The zero-order chi connectivity index (χ0) is 15.8. The Morgan fingerprint density at radius 2 is 1.70 bits per heavy atom. The molecule has 0 amide bonds. The number of rotatable bonds is 1. The van der Waals surface area contributed by atoms with E-state index in [1.807, 2.05) is 20.0 Å². The van der Waals surface area contributed by atoms with Crippen LogP contribution in [0.5, 0.6) is 0 Å². The van der Waals surface area contributed by atoms with Crippen molar-refractivity contribution in [1.29, 1.82) is 0 Å². The Balaban J connectivity index is 0.000000388. The van der Waals surface area contributed by atoms with Gasteiger partial charge in [-0.15, -0.1) is 0 Å². The zero-order valence-corrected chi connectivity index (χ0v) is 21.4. The molecule has 0 fully saturated rings. The zero-order valence-electron chi connectivity index (χ0n) is 13.5. The molecule has 0 saturated heterocycles. The molecule has 0 aliphatic heterocycles. The topological polar surface area (TPSA) is 0 Å². The third-order valence-corrected chi connectivity index (χ3v) is 14.7. The first-order valence-corrected chi connectivity index (χ1v) is 23.6. The van der Waals surface area contributed by atoms with Gasteiger partial charge in [-0.2, -0.15) is 0 Å². The van der Waals surface area contributed by atoms with E-state index in [0.29, 0.717) is 3.63 Å². The van der Waals surface area contributed by atoms with E-state index >= 15 is 0 Å². The average Bonchev–Trinajstić information content (AvgIpc) is 2.98. The van der Waals surface area contributed by atoms with Crippen LogP contribution in [0.4, 0.5) is 0 Å². The summed E-state index contributed by atoms with van der Waals surface area (Å²) in [6, 6.07) is 8.60. The first kappa shape index (κ1) is 24.4. The van der Waals surface area contributed by atoms with E-state index in [1.54, 1.807) is 24.7 Å². The van der Waals surface area contributed by atoms with Gasteiger partial charge in [0.2, 0.25) is 0 Å². The summed E-state index contributed by atoms with van der Waals surface area (Å²) in [6.45, 7) is 0. The predicted octanol–water partition coefficient (Wildman–Crippen LogP) is 0.817. The van der Waals surface area contributed by atoms with Gasteiger partial charge < -0.3 is 24.8 Å². The molecule has 0 aromatic heterocycles. The molecule has 125 valence electrons. The van der Waals surface area contributed by atoms with Crippen molar-refractivity contribution in [3.8, 4) is 0 Å². The summed E-state index contributed by atoms with van der Waals surface area (Å²) in [5.41, 5.74) is 2.91. The fraction of sp³-hybridized carbons (Fsp3) is 0.294. The van der Waals surface area contributed by atoms with Crippen LogP contribution in [0.1, 0.15) is 21.2 Å². The molecular weight excluding hydrogens is 528 g/mol. The van der Waals surface area contributed by atoms with E-state index in [1.165, 1.54) is 14.4 Å². The third-order valence-electron chi connectivity index (χ3n) is 3.78. The van der Waals surface area contributed by atoms with Crippen molar-refractivity contribution in [3.05, 3.63) is 63.0 Å². The summed E-state index contributed by atoms with van der Waals surface area (Å²) < 4.78 is 8.05. The van der Waals surface area contributed by atoms with Gasteiger partial charge in [-0.25, -0.2) is 0 Å². The predicted molar refractivity (Wildman–Crippen MR) is 89.4 cm³/mol. The Labute approximate surface area is 172 Å². The fourth-order valence-electron chi connectivity index (χ4n) is 2.39. The molecule has 0 heterocycles. The molecule has 1 unspecified atom stereocenters. The number of benzene rings is 1. The molecule has 1 aromatic rings. The molecule has 0 spiro atoms. The van der Waals surface area contributed by atoms with Crippen LogP contribution >= 0.6 is 17.0 Å². The van der Waals surface area contributed by atoms with Gasteiger partial charge in [-0.1, -0.05) is 0 Å². The van der Waals surface area contributed by atoms with Gasteiger partial charge in [0, 0.05) is 0 Å². The molecule has 23 heavy (non-hydrogen) atoms. The normalized spacial score (nSPS) is 20.8. The Morgan fingerprint density at radius 3 is 2.13 bits per heavy atom. The summed E-state index contributed by atoms with van der Waals surface area (Å²) in [5, 5.41) is 0. The standard InChI is InChI=1S/C9H7.C5H5.3CH3.4ClH.2Zr/c1-2-5-9-7-3-6-8(9)4-1;1-2-4-5-3-1;;;;;;;;;/h1-7H;1-3H,4H2;3*1H3;4*1H;;/q;;;;;;;;;2*+2/p-4. The molecule has 1 atom stereocenters. The maximum absolute atomic E-state index is 6.51. The molecule has 1 aromatic carbocycles. The van der Waals surface area contributed by atoms with Crippen LogP contribution in [0, 0.1) is 0 Å². The first-order valence-electron chi connectivity index (χ1n) is 7.21. The van der Waals surface area contributed by atoms with Gasteiger partial charge in [0.15, 0.2) is 0 Å². The van der Waals surface area contributed by atoms with Crippen LogP contribution in [0.25, 0.3) is 6.08 Å². The van der Waals surface area contributed by atoms with Crippen LogP contribution in [-0.2, 0) is 39.6 Å². The van der Waals surface area contributed by atoms with Gasteiger partial charge in [0.25, 0.3) is 0 Å². The van der Waals surface area contributed by atoms with Crippen molar-refractivity contribution in [2.24, 2.45) is 0 Å². The molecule has 3 rings (SSSR count). The maximum atomic E-state index is 6.51. The second-order valence-corrected chi connectivity index (χ2v) is 47.5. The number of allylic oxidation sites excluding steroid dienone is 5. The quantitative estimate of drug-likeness (QED) is 0.487. The molecule has 2 aliphatic rings. The summed E-state index contributed by atoms with van der Waals surface area (Å²) >= 11 is -2.24. The molecule has 0 nitrogen and oxygen atoms in total. The molecule has 0 bridgehead atoms. The van der Waals surface area contributed by atoms with Gasteiger partial charge in [0.05, 0.1) is 0 Å². The van der Waals surface area contributed by atoms with Crippen molar-refractivity contribution in [2.75, 3.05) is 0 Å². The van der Waals surface area contributed by atoms with E-state index < -0.39 is 14.9 Å². The van der Waals surface area contributed by atoms with E-state index in [4.69, 9.17) is 17.0 Å². The van der Waals surface area contributed by atoms with E-state index in [9.17, 15) is 0 Å². The molecule has 2 aliphatic carbocycles. The number of halogens is 4. The average molecular weight is 550 g/mol. The van der Waals surface area contributed by atoms with Crippen molar-refractivity contribution in [3.63, 3.8) is 0 Å². The van der Waals surface area contributed by atoms with Crippen molar-refractivity contribution < 1.29 is 64.4 Å². The van der Waals surface area contributed by atoms with Crippen LogP contribution in [0.2, 0.25) is 13.9 Å². The molecular formula is C17H21Cl4Zr2. The summed E-state index contributed by atoms with van der Waals surface area (Å²) in [7, 11) is 13.0. The summed E-state index contributed by atoms with van der Waals surface area (Å²) in [6.07, 6.45) is 11.6. The van der Waals surface area contributed by atoms with E-state index in [2.05, 4.69) is 48.6 Å². The van der Waals surface area contributed by atoms with Crippen LogP contribution in [-0.4, -0.2) is 0 Å². The second kappa shape index (κ2) is 7.94. The van der Waals surface area contributed by atoms with Crippen LogP contribution in [0.3, 0.4) is 0 Å². The van der Waals surface area contributed by atoms with E-state index in [-0.39, 0.29) is 24.8 Å². The Morgan fingerprint density at radius 1 is 1.09 bits per heavy atom. The minimum absolute atomic E-state index is 0. The Hall–Kier alpha value is 1.37. The van der Waals surface area contributed by atoms with Gasteiger partial charge >= 0.3 is 150 Å². The molecule has 0 radical (unpaired) electrons. The van der Waals surface area contributed by atoms with Crippen LogP contribution in [0.15, 0.2) is 51.9 Å². The Kier molecular flexibility index (Phi) is 8.41. The summed E-state index contributed by atoms with van der Waals surface area (Å²) in [5.74, 6) is 0. The number of fused-ring (bicyclic) bond motifs is 1. The van der Waals surface area contributed by atoms with Crippen molar-refractivity contribution in [2.45, 2.75) is 23.9 Å². The number of hydrogen-bond acceptors (Lipinski definition) is 0. The van der Waals surface area contributed by atoms with Crippen molar-refractivity contribution >= 4 is 23.1 Å². The third kappa shape index (κ3) is 7.25. The first-order chi connectivity index (χ1) is 9.47. The van der Waals surface area contributed by atoms with Gasteiger partial charge in [-0.3, -0.25) is 0 Å². The van der Waals surface area contributed by atoms with Crippen molar-refractivity contribution in [1.82, 2.24) is 0 Å². The monoisotopic (exact) mass is 545 g/mol. The number of hydrogen-bond donors (Lipinski definition) is 0. The van der Waals surface area contributed by atoms with E-state index in [0.717, 1.165) is 6.42 Å². The molecule has 6 heteroatoms.